The molecule has 2 aromatic rings. The Kier molecular flexibility index (Phi) is 6.18. The Morgan fingerprint density at radius 2 is 2.08 bits per heavy atom. The summed E-state index contributed by atoms with van der Waals surface area (Å²) in [5, 5.41) is 11.8. The molecule has 130 valence electrons. The quantitative estimate of drug-likeness (QED) is 0.773. The van der Waals surface area contributed by atoms with Gasteiger partial charge in [-0.05, 0) is 44.1 Å². The minimum absolute atomic E-state index is 0.270. The van der Waals surface area contributed by atoms with E-state index in [1.807, 2.05) is 13.8 Å². The summed E-state index contributed by atoms with van der Waals surface area (Å²) in [6.45, 7) is 9.10. The van der Waals surface area contributed by atoms with Crippen molar-refractivity contribution < 1.29 is 4.39 Å². The van der Waals surface area contributed by atoms with Crippen LogP contribution in [0.2, 0.25) is 5.02 Å². The molecule has 0 aliphatic rings. The van der Waals surface area contributed by atoms with Crippen LogP contribution in [-0.4, -0.2) is 21.4 Å². The first kappa shape index (κ1) is 18.7. The highest BCUT2D eigenvalue weighted by atomic mass is 35.5. The van der Waals surface area contributed by atoms with E-state index >= 15 is 0 Å². The molecule has 7 heteroatoms. The summed E-state index contributed by atoms with van der Waals surface area (Å²) >= 11 is 11.4. The van der Waals surface area contributed by atoms with Crippen molar-refractivity contribution in [2.45, 2.75) is 34.2 Å². The molecule has 2 N–H and O–H groups in total. The van der Waals surface area contributed by atoms with Crippen LogP contribution in [0.1, 0.15) is 30.8 Å². The molecule has 0 saturated heterocycles. The van der Waals surface area contributed by atoms with Crippen molar-refractivity contribution in [3.63, 3.8) is 0 Å². The van der Waals surface area contributed by atoms with Crippen LogP contribution in [0.15, 0.2) is 18.2 Å². The maximum Gasteiger partial charge on any atom is 0.170 e. The van der Waals surface area contributed by atoms with Crippen molar-refractivity contribution >= 4 is 34.6 Å². The van der Waals surface area contributed by atoms with Crippen LogP contribution < -0.4 is 10.6 Å². The zero-order chi connectivity index (χ0) is 17.9. The van der Waals surface area contributed by atoms with Gasteiger partial charge in [-0.15, -0.1) is 0 Å². The van der Waals surface area contributed by atoms with Crippen molar-refractivity contribution in [3.8, 4) is 0 Å². The topological polar surface area (TPSA) is 41.9 Å². The molecule has 0 aliphatic heterocycles. The Morgan fingerprint density at radius 3 is 2.71 bits per heavy atom. The molecule has 0 bridgehead atoms. The monoisotopic (exact) mass is 368 g/mol. The summed E-state index contributed by atoms with van der Waals surface area (Å²) in [4.78, 5) is 0. The summed E-state index contributed by atoms with van der Waals surface area (Å²) in [5.41, 5.74) is 2.94. The van der Waals surface area contributed by atoms with Crippen LogP contribution >= 0.6 is 23.8 Å². The van der Waals surface area contributed by atoms with Gasteiger partial charge in [0.25, 0.3) is 0 Å². The Balaban J connectivity index is 2.18. The van der Waals surface area contributed by atoms with E-state index in [9.17, 15) is 4.39 Å². The Hall–Kier alpha value is -1.66. The third-order valence-electron chi connectivity index (χ3n) is 3.66. The molecule has 24 heavy (non-hydrogen) atoms. The summed E-state index contributed by atoms with van der Waals surface area (Å²) in [7, 11) is 0. The summed E-state index contributed by atoms with van der Waals surface area (Å²) in [6.07, 6.45) is 0. The average Bonchev–Trinajstić information content (AvgIpc) is 2.76. The molecule has 2 rings (SSSR count). The molecular weight excluding hydrogens is 347 g/mol. The molecule has 1 heterocycles. The van der Waals surface area contributed by atoms with E-state index in [1.54, 1.807) is 16.8 Å². The Bertz CT molecular complexity index is 722. The summed E-state index contributed by atoms with van der Waals surface area (Å²) in [5.74, 6) is 0.163. The SMILES string of the molecule is Cc1nn(Cc2c(F)cccc2Cl)c(C)c1NC(=S)NCC(C)C. The number of thiocarbonyl (C=S) groups is 1. The molecule has 4 nitrogen and oxygen atoms in total. The van der Waals surface area contributed by atoms with Gasteiger partial charge in [-0.1, -0.05) is 31.5 Å². The fraction of sp³-hybridized carbons (Fsp3) is 0.412. The minimum Gasteiger partial charge on any atom is -0.362 e. The fourth-order valence-corrected chi connectivity index (χ4v) is 2.73. The lowest BCUT2D eigenvalue weighted by Gasteiger charge is -2.13. The van der Waals surface area contributed by atoms with E-state index in [2.05, 4.69) is 29.6 Å². The van der Waals surface area contributed by atoms with Gasteiger partial charge in [-0.2, -0.15) is 5.10 Å². The maximum absolute atomic E-state index is 14.0. The third-order valence-corrected chi connectivity index (χ3v) is 4.26. The number of aryl methyl sites for hydroxylation is 1. The number of benzene rings is 1. The largest absolute Gasteiger partial charge is 0.362 e. The fourth-order valence-electron chi connectivity index (χ4n) is 2.32. The molecular formula is C17H22ClFN4S. The van der Waals surface area contributed by atoms with E-state index in [1.165, 1.54) is 6.07 Å². The number of hydrogen-bond donors (Lipinski definition) is 2. The van der Waals surface area contributed by atoms with E-state index in [0.29, 0.717) is 21.6 Å². The van der Waals surface area contributed by atoms with Crippen LogP contribution in [-0.2, 0) is 6.54 Å². The van der Waals surface area contributed by atoms with Crippen molar-refractivity contribution in [1.82, 2.24) is 15.1 Å². The third kappa shape index (κ3) is 4.45. The second-order valence-corrected chi connectivity index (χ2v) is 6.95. The summed E-state index contributed by atoms with van der Waals surface area (Å²) in [6, 6.07) is 4.67. The van der Waals surface area contributed by atoms with Crippen LogP contribution in [0.25, 0.3) is 0 Å². The van der Waals surface area contributed by atoms with Gasteiger partial charge in [0, 0.05) is 17.1 Å². The zero-order valence-corrected chi connectivity index (χ0v) is 15.9. The number of rotatable bonds is 5. The predicted molar refractivity (Wildman–Crippen MR) is 101 cm³/mol. The smallest absolute Gasteiger partial charge is 0.170 e. The van der Waals surface area contributed by atoms with Crippen molar-refractivity contribution in [2.24, 2.45) is 5.92 Å². The number of aromatic nitrogens is 2. The number of hydrogen-bond acceptors (Lipinski definition) is 2. The van der Waals surface area contributed by atoms with E-state index < -0.39 is 0 Å². The highest BCUT2D eigenvalue weighted by Crippen LogP contribution is 2.24. The number of halogens is 2. The summed E-state index contributed by atoms with van der Waals surface area (Å²) < 4.78 is 15.7. The molecule has 0 radical (unpaired) electrons. The molecule has 1 aromatic carbocycles. The first-order valence-corrected chi connectivity index (χ1v) is 8.60. The molecule has 0 amide bonds. The maximum atomic E-state index is 14.0. The van der Waals surface area contributed by atoms with Crippen LogP contribution in [0, 0.1) is 25.6 Å². The van der Waals surface area contributed by atoms with E-state index in [-0.39, 0.29) is 12.4 Å². The number of anilines is 1. The second-order valence-electron chi connectivity index (χ2n) is 6.13. The van der Waals surface area contributed by atoms with Crippen molar-refractivity contribution in [2.75, 3.05) is 11.9 Å². The molecule has 0 spiro atoms. The lowest BCUT2D eigenvalue weighted by molar-refractivity contribution is 0.579. The van der Waals surface area contributed by atoms with Gasteiger partial charge < -0.3 is 10.6 Å². The molecule has 0 saturated carbocycles. The highest BCUT2D eigenvalue weighted by molar-refractivity contribution is 7.80. The number of nitrogens with one attached hydrogen (secondary N) is 2. The van der Waals surface area contributed by atoms with Gasteiger partial charge in [0.05, 0.1) is 23.6 Å². The standard InChI is InChI=1S/C17H22ClFN4S/c1-10(2)8-20-17(24)21-16-11(3)22-23(12(16)4)9-13-14(18)6-5-7-15(13)19/h5-7,10H,8-9H2,1-4H3,(H2,20,21,24). The van der Waals surface area contributed by atoms with Gasteiger partial charge in [0.1, 0.15) is 5.82 Å². The van der Waals surface area contributed by atoms with Crippen molar-refractivity contribution in [1.29, 1.82) is 0 Å². The van der Waals surface area contributed by atoms with Crippen LogP contribution in [0.4, 0.5) is 10.1 Å². The lowest BCUT2D eigenvalue weighted by atomic mass is 10.2. The molecule has 0 aliphatic carbocycles. The lowest BCUT2D eigenvalue weighted by Crippen LogP contribution is -2.31. The molecule has 1 aromatic heterocycles. The second kappa shape index (κ2) is 7.94. The van der Waals surface area contributed by atoms with Gasteiger partial charge in [0.15, 0.2) is 5.11 Å². The van der Waals surface area contributed by atoms with Gasteiger partial charge in [-0.25, -0.2) is 4.39 Å². The molecule has 0 atom stereocenters. The van der Waals surface area contributed by atoms with Crippen LogP contribution in [0.3, 0.4) is 0 Å². The Morgan fingerprint density at radius 1 is 1.38 bits per heavy atom. The Labute approximate surface area is 152 Å². The normalized spacial score (nSPS) is 11.0. The highest BCUT2D eigenvalue weighted by Gasteiger charge is 2.15. The van der Waals surface area contributed by atoms with E-state index in [4.69, 9.17) is 23.8 Å². The van der Waals surface area contributed by atoms with Gasteiger partial charge in [-0.3, -0.25) is 4.68 Å². The van der Waals surface area contributed by atoms with Crippen LogP contribution in [0.5, 0.6) is 0 Å². The average molecular weight is 369 g/mol. The number of nitrogens with zero attached hydrogens (tertiary/aromatic N) is 2. The van der Waals surface area contributed by atoms with Gasteiger partial charge in [0.2, 0.25) is 0 Å². The first-order chi connectivity index (χ1) is 11.3. The minimum atomic E-state index is -0.335. The zero-order valence-electron chi connectivity index (χ0n) is 14.3. The van der Waals surface area contributed by atoms with Crippen molar-refractivity contribution in [3.05, 3.63) is 46.0 Å². The first-order valence-electron chi connectivity index (χ1n) is 7.81. The predicted octanol–water partition coefficient (Wildman–Crippen LogP) is 4.28. The molecule has 0 unspecified atom stereocenters. The molecule has 0 fully saturated rings. The van der Waals surface area contributed by atoms with Gasteiger partial charge >= 0.3 is 0 Å². The van der Waals surface area contributed by atoms with E-state index in [0.717, 1.165) is 23.6 Å².